The van der Waals surface area contributed by atoms with Crippen LogP contribution in [0.4, 0.5) is 11.6 Å². The fourth-order valence-corrected chi connectivity index (χ4v) is 3.94. The Kier molecular flexibility index (Phi) is 8.56. The first kappa shape index (κ1) is 26.3. The van der Waals surface area contributed by atoms with E-state index in [0.29, 0.717) is 44.8 Å². The van der Waals surface area contributed by atoms with Gasteiger partial charge in [-0.2, -0.15) is 4.98 Å². The molecule has 0 aliphatic rings. The second kappa shape index (κ2) is 11.4. The highest BCUT2D eigenvalue weighted by molar-refractivity contribution is 6.39. The fraction of sp³-hybridized carbons (Fsp3) is 0.240. The van der Waals surface area contributed by atoms with Gasteiger partial charge in [0.1, 0.15) is 19.5 Å². The maximum Gasteiger partial charge on any atom is 0.293 e. The molecule has 0 unspecified atom stereocenters. The van der Waals surface area contributed by atoms with Crippen LogP contribution in [0.15, 0.2) is 59.5 Å². The first-order chi connectivity index (χ1) is 16.4. The number of likely N-dealkylation sites (N-methyl/N-ethyl adjacent to an activating group) is 1. The van der Waals surface area contributed by atoms with Crippen LogP contribution in [0.25, 0.3) is 22.2 Å². The van der Waals surface area contributed by atoms with Gasteiger partial charge in [-0.25, -0.2) is 4.98 Å². The summed E-state index contributed by atoms with van der Waals surface area (Å²) in [5, 5.41) is 4.44. The van der Waals surface area contributed by atoms with Gasteiger partial charge in [0.25, 0.3) is 5.56 Å². The molecule has 0 spiro atoms. The lowest BCUT2D eigenvalue weighted by molar-refractivity contribution is 0.168. The van der Waals surface area contributed by atoms with Crippen LogP contribution in [0.5, 0.6) is 5.75 Å². The van der Waals surface area contributed by atoms with E-state index in [9.17, 15) is 4.79 Å². The molecule has 2 aromatic carbocycles. The topological polar surface area (TPSA) is 81.5 Å². The average molecular weight is 516 g/mol. The molecule has 0 saturated heterocycles. The number of anilines is 2. The first-order valence-corrected chi connectivity index (χ1v) is 11.2. The maximum absolute atomic E-state index is 13.2. The summed E-state index contributed by atoms with van der Waals surface area (Å²) in [5.41, 5.74) is 1.36. The number of pyridine rings is 1. The highest BCUT2D eigenvalue weighted by Gasteiger charge is 2.18. The lowest BCUT2D eigenvalue weighted by Crippen LogP contribution is -2.27. The Morgan fingerprint density at radius 1 is 1.09 bits per heavy atom. The van der Waals surface area contributed by atoms with Crippen molar-refractivity contribution in [3.8, 4) is 16.9 Å². The SMILES string of the molecule is C.COn1c(=O)c(-c2c(Cl)cccc2Cl)cc2cnc(Nc3ccc(OCCN(C)C)cc3)nc21. The molecule has 0 aliphatic heterocycles. The van der Waals surface area contributed by atoms with Crippen molar-refractivity contribution >= 4 is 45.9 Å². The van der Waals surface area contributed by atoms with Crippen molar-refractivity contribution in [3.63, 3.8) is 0 Å². The van der Waals surface area contributed by atoms with Gasteiger partial charge < -0.3 is 19.8 Å². The van der Waals surface area contributed by atoms with E-state index < -0.39 is 5.56 Å². The quantitative estimate of drug-likeness (QED) is 0.347. The molecular formula is C25H27Cl2N5O3. The number of nitrogens with one attached hydrogen (secondary N) is 1. The molecule has 4 aromatic rings. The second-order valence-corrected chi connectivity index (χ2v) is 8.52. The van der Waals surface area contributed by atoms with E-state index >= 15 is 0 Å². The van der Waals surface area contributed by atoms with E-state index in [1.807, 2.05) is 38.4 Å². The van der Waals surface area contributed by atoms with Gasteiger partial charge in [-0.05, 0) is 56.6 Å². The van der Waals surface area contributed by atoms with Gasteiger partial charge in [-0.15, -0.1) is 4.73 Å². The molecule has 8 nitrogen and oxygen atoms in total. The van der Waals surface area contributed by atoms with Crippen molar-refractivity contribution in [3.05, 3.63) is 75.1 Å². The molecule has 0 saturated carbocycles. The number of hydrogen-bond acceptors (Lipinski definition) is 7. The van der Waals surface area contributed by atoms with Crippen LogP contribution >= 0.6 is 23.2 Å². The minimum Gasteiger partial charge on any atom is -0.492 e. The highest BCUT2D eigenvalue weighted by Crippen LogP contribution is 2.33. The standard InChI is InChI=1S/C24H23Cl2N5O3.CH4/c1-30(2)11-12-34-17-9-7-16(8-10-17)28-24-27-14-15-13-18(21-19(25)5-4-6-20(21)26)23(32)31(33-3)22(15)29-24;/h4-10,13-14H,11-12H2,1-3H3,(H,27,28,29);1H4. The smallest absolute Gasteiger partial charge is 0.293 e. The monoisotopic (exact) mass is 515 g/mol. The average Bonchev–Trinajstić information content (AvgIpc) is 2.80. The van der Waals surface area contributed by atoms with Crippen LogP contribution in [-0.2, 0) is 0 Å². The third kappa shape index (κ3) is 5.85. The van der Waals surface area contributed by atoms with Gasteiger partial charge in [0.05, 0.1) is 15.6 Å². The molecule has 0 bridgehead atoms. The van der Waals surface area contributed by atoms with Crippen LogP contribution in [0.3, 0.4) is 0 Å². The van der Waals surface area contributed by atoms with Crippen LogP contribution in [0, 0.1) is 0 Å². The Bertz CT molecular complexity index is 1350. The molecule has 10 heteroatoms. The van der Waals surface area contributed by atoms with Gasteiger partial charge in [-0.3, -0.25) is 4.79 Å². The van der Waals surface area contributed by atoms with Crippen molar-refractivity contribution < 1.29 is 9.57 Å². The van der Waals surface area contributed by atoms with Crippen molar-refractivity contribution in [2.45, 2.75) is 7.43 Å². The van der Waals surface area contributed by atoms with E-state index in [2.05, 4.69) is 20.2 Å². The molecular weight excluding hydrogens is 489 g/mol. The zero-order valence-electron chi connectivity index (χ0n) is 18.9. The largest absolute Gasteiger partial charge is 0.492 e. The highest BCUT2D eigenvalue weighted by atomic mass is 35.5. The fourth-order valence-electron chi connectivity index (χ4n) is 3.34. The zero-order chi connectivity index (χ0) is 24.2. The number of fused-ring (bicyclic) bond motifs is 1. The minimum atomic E-state index is -0.436. The molecule has 0 aliphatic carbocycles. The predicted octanol–water partition coefficient (Wildman–Crippen LogP) is 5.14. The van der Waals surface area contributed by atoms with Gasteiger partial charge in [-0.1, -0.05) is 36.7 Å². The summed E-state index contributed by atoms with van der Waals surface area (Å²) >= 11 is 12.7. The molecule has 2 heterocycles. The first-order valence-electron chi connectivity index (χ1n) is 10.4. The van der Waals surface area contributed by atoms with Crippen molar-refractivity contribution in [2.24, 2.45) is 0 Å². The van der Waals surface area contributed by atoms with Crippen LogP contribution in [0.1, 0.15) is 7.43 Å². The summed E-state index contributed by atoms with van der Waals surface area (Å²) in [6.45, 7) is 1.43. The molecule has 1 N–H and O–H groups in total. The minimum absolute atomic E-state index is 0. The summed E-state index contributed by atoms with van der Waals surface area (Å²) in [7, 11) is 5.38. The number of aromatic nitrogens is 3. The normalized spacial score (nSPS) is 10.8. The summed E-state index contributed by atoms with van der Waals surface area (Å²) < 4.78 is 6.81. The Morgan fingerprint density at radius 2 is 1.77 bits per heavy atom. The van der Waals surface area contributed by atoms with Gasteiger partial charge in [0.15, 0.2) is 5.65 Å². The Balaban J connectivity index is 0.00000342. The number of halogens is 2. The van der Waals surface area contributed by atoms with Gasteiger partial charge >= 0.3 is 0 Å². The van der Waals surface area contributed by atoms with E-state index in [1.165, 1.54) is 7.11 Å². The molecule has 0 fully saturated rings. The number of benzene rings is 2. The van der Waals surface area contributed by atoms with Crippen molar-refractivity contribution in [1.82, 2.24) is 19.6 Å². The summed E-state index contributed by atoms with van der Waals surface area (Å²) in [6.07, 6.45) is 1.60. The summed E-state index contributed by atoms with van der Waals surface area (Å²) in [4.78, 5) is 29.5. The molecule has 35 heavy (non-hydrogen) atoms. The molecule has 0 amide bonds. The third-order valence-electron chi connectivity index (χ3n) is 5.04. The van der Waals surface area contributed by atoms with Crippen LogP contribution in [-0.4, -0.2) is 54.0 Å². The number of rotatable bonds is 8. The summed E-state index contributed by atoms with van der Waals surface area (Å²) in [6, 6.07) is 14.2. The Hall–Kier alpha value is -3.33. The van der Waals surface area contributed by atoms with Crippen molar-refractivity contribution in [2.75, 3.05) is 39.7 Å². The third-order valence-corrected chi connectivity index (χ3v) is 5.67. The number of nitrogens with zero attached hydrogens (tertiary/aromatic N) is 4. The van der Waals surface area contributed by atoms with Crippen molar-refractivity contribution in [1.29, 1.82) is 0 Å². The Morgan fingerprint density at radius 3 is 2.40 bits per heavy atom. The van der Waals surface area contributed by atoms with E-state index in [0.717, 1.165) is 22.7 Å². The van der Waals surface area contributed by atoms with E-state index in [1.54, 1.807) is 30.5 Å². The molecule has 2 aromatic heterocycles. The molecule has 184 valence electrons. The second-order valence-electron chi connectivity index (χ2n) is 7.71. The molecule has 0 radical (unpaired) electrons. The zero-order valence-corrected chi connectivity index (χ0v) is 20.4. The summed E-state index contributed by atoms with van der Waals surface area (Å²) in [5.74, 6) is 1.08. The van der Waals surface area contributed by atoms with Gasteiger partial charge in [0.2, 0.25) is 5.95 Å². The van der Waals surface area contributed by atoms with E-state index in [4.69, 9.17) is 32.8 Å². The predicted molar refractivity (Wildman–Crippen MR) is 142 cm³/mol. The van der Waals surface area contributed by atoms with E-state index in [-0.39, 0.29) is 7.43 Å². The molecule has 0 atom stereocenters. The number of ether oxygens (including phenoxy) is 1. The van der Waals surface area contributed by atoms with Crippen LogP contribution in [0.2, 0.25) is 10.0 Å². The van der Waals surface area contributed by atoms with Gasteiger partial charge in [0, 0.05) is 29.4 Å². The van der Waals surface area contributed by atoms with Crippen LogP contribution < -0.4 is 20.5 Å². The lowest BCUT2D eigenvalue weighted by atomic mass is 10.1. The maximum atomic E-state index is 13.2. The molecule has 4 rings (SSSR count). The Labute approximate surface area is 214 Å². The lowest BCUT2D eigenvalue weighted by Gasteiger charge is -2.13. The number of hydrogen-bond donors (Lipinski definition) is 1.